The zero-order valence-corrected chi connectivity index (χ0v) is 21.7. The van der Waals surface area contributed by atoms with Gasteiger partial charge in [0, 0.05) is 32.9 Å². The molecule has 8 rings (SSSR count). The minimum absolute atomic E-state index is 0.00224. The first kappa shape index (κ1) is 22.6. The number of aromatic nitrogens is 2. The van der Waals surface area contributed by atoms with Crippen molar-refractivity contribution in [1.29, 1.82) is 0 Å². The minimum atomic E-state index is -0.00224. The molecule has 0 amide bonds. The molecule has 0 atom stereocenters. The van der Waals surface area contributed by atoms with Crippen LogP contribution in [0.3, 0.4) is 0 Å². The second kappa shape index (κ2) is 8.82. The maximum absolute atomic E-state index is 13.6. The third kappa shape index (κ3) is 3.35. The van der Waals surface area contributed by atoms with Crippen molar-refractivity contribution >= 4 is 43.5 Å². The predicted octanol–water partition coefficient (Wildman–Crippen LogP) is 8.91. The van der Waals surface area contributed by atoms with Crippen molar-refractivity contribution in [2.45, 2.75) is 0 Å². The number of fused-ring (bicyclic) bond motifs is 6. The quantitative estimate of drug-likeness (QED) is 0.217. The molecule has 0 N–H and O–H groups in total. The van der Waals surface area contributed by atoms with Gasteiger partial charge < -0.3 is 4.57 Å². The van der Waals surface area contributed by atoms with E-state index in [0.29, 0.717) is 0 Å². The van der Waals surface area contributed by atoms with E-state index < -0.39 is 0 Å². The first-order chi connectivity index (χ1) is 19.8. The predicted molar refractivity (Wildman–Crippen MR) is 167 cm³/mol. The van der Waals surface area contributed by atoms with Crippen LogP contribution >= 0.6 is 0 Å². The van der Waals surface area contributed by atoms with Gasteiger partial charge in [-0.25, -0.2) is 0 Å². The van der Waals surface area contributed by atoms with Crippen molar-refractivity contribution < 1.29 is 0 Å². The fourth-order valence-corrected chi connectivity index (χ4v) is 6.10. The first-order valence-electron chi connectivity index (χ1n) is 13.5. The minimum Gasteiger partial charge on any atom is -0.309 e. The normalized spacial score (nSPS) is 11.6. The number of benzene rings is 6. The molecule has 8 aromatic rings. The van der Waals surface area contributed by atoms with Gasteiger partial charge in [-0.15, -0.1) is 0 Å². The van der Waals surface area contributed by atoms with Crippen LogP contribution in [0, 0.1) is 0 Å². The van der Waals surface area contributed by atoms with Crippen LogP contribution < -0.4 is 5.56 Å². The summed E-state index contributed by atoms with van der Waals surface area (Å²) in [5.74, 6) is 0. The summed E-state index contributed by atoms with van der Waals surface area (Å²) in [5, 5.41) is 5.26. The number of hydrogen-bond donors (Lipinski definition) is 0. The Hall–Kier alpha value is -5.41. The molecule has 0 spiro atoms. The Morgan fingerprint density at radius 2 is 0.850 bits per heavy atom. The van der Waals surface area contributed by atoms with Gasteiger partial charge in [-0.05, 0) is 71.1 Å². The summed E-state index contributed by atoms with van der Waals surface area (Å²) in [7, 11) is 0. The molecule has 3 heteroatoms. The monoisotopic (exact) mass is 512 g/mol. The highest BCUT2D eigenvalue weighted by Gasteiger charge is 2.14. The number of para-hydroxylation sites is 3. The Morgan fingerprint density at radius 1 is 0.350 bits per heavy atom. The van der Waals surface area contributed by atoms with Crippen LogP contribution in [0.15, 0.2) is 150 Å². The van der Waals surface area contributed by atoms with Crippen LogP contribution in [0.5, 0.6) is 0 Å². The van der Waals surface area contributed by atoms with E-state index in [0.717, 1.165) is 44.2 Å². The van der Waals surface area contributed by atoms with Gasteiger partial charge >= 0.3 is 0 Å². The molecule has 6 aromatic carbocycles. The molecule has 40 heavy (non-hydrogen) atoms. The van der Waals surface area contributed by atoms with Crippen LogP contribution in [0.1, 0.15) is 0 Å². The zero-order chi connectivity index (χ0) is 26.6. The Labute approximate surface area is 230 Å². The molecular formula is C37H24N2O. The van der Waals surface area contributed by atoms with Gasteiger partial charge in [0.1, 0.15) is 0 Å². The maximum atomic E-state index is 13.6. The molecule has 0 aliphatic heterocycles. The van der Waals surface area contributed by atoms with Crippen molar-refractivity contribution in [3.63, 3.8) is 0 Å². The molecule has 0 radical (unpaired) electrons. The lowest BCUT2D eigenvalue weighted by Crippen LogP contribution is -2.19. The Balaban J connectivity index is 1.30. The fraction of sp³-hybridized carbons (Fsp3) is 0. The van der Waals surface area contributed by atoms with Crippen LogP contribution in [0.4, 0.5) is 0 Å². The summed E-state index contributed by atoms with van der Waals surface area (Å²) in [6.45, 7) is 0. The molecule has 2 heterocycles. The van der Waals surface area contributed by atoms with Crippen molar-refractivity contribution in [3.05, 3.63) is 156 Å². The van der Waals surface area contributed by atoms with Gasteiger partial charge in [-0.2, -0.15) is 0 Å². The first-order valence-corrected chi connectivity index (χ1v) is 13.5. The molecule has 3 nitrogen and oxygen atoms in total. The van der Waals surface area contributed by atoms with Gasteiger partial charge in [-0.3, -0.25) is 9.36 Å². The molecule has 2 aromatic heterocycles. The highest BCUT2D eigenvalue weighted by molar-refractivity contribution is 6.09. The summed E-state index contributed by atoms with van der Waals surface area (Å²) in [5.41, 5.74) is 7.55. The van der Waals surface area contributed by atoms with Crippen LogP contribution in [0.2, 0.25) is 0 Å². The average Bonchev–Trinajstić information content (AvgIpc) is 3.36. The summed E-state index contributed by atoms with van der Waals surface area (Å²) in [6.07, 6.45) is 0. The Morgan fingerprint density at radius 3 is 1.52 bits per heavy atom. The van der Waals surface area contributed by atoms with Gasteiger partial charge in [0.2, 0.25) is 0 Å². The van der Waals surface area contributed by atoms with E-state index in [4.69, 9.17) is 0 Å². The average molecular weight is 513 g/mol. The van der Waals surface area contributed by atoms with Crippen molar-refractivity contribution in [2.24, 2.45) is 0 Å². The van der Waals surface area contributed by atoms with Crippen molar-refractivity contribution in [2.75, 3.05) is 0 Å². The Kier molecular flexibility index (Phi) is 4.98. The lowest BCUT2D eigenvalue weighted by Gasteiger charge is -2.15. The second-order valence-electron chi connectivity index (χ2n) is 10.2. The van der Waals surface area contributed by atoms with E-state index in [2.05, 4.69) is 95.6 Å². The molecule has 0 bridgehead atoms. The van der Waals surface area contributed by atoms with Gasteiger partial charge in [0.05, 0.1) is 16.6 Å². The molecule has 0 saturated carbocycles. The summed E-state index contributed by atoms with van der Waals surface area (Å²) >= 11 is 0. The van der Waals surface area contributed by atoms with Crippen molar-refractivity contribution in [3.8, 4) is 22.5 Å². The number of rotatable bonds is 3. The number of hydrogen-bond acceptors (Lipinski definition) is 1. The molecule has 0 unspecified atom stereocenters. The topological polar surface area (TPSA) is 26.9 Å². The zero-order valence-electron chi connectivity index (χ0n) is 21.7. The third-order valence-electron chi connectivity index (χ3n) is 7.94. The van der Waals surface area contributed by atoms with Crippen LogP contribution in [0.25, 0.3) is 66.0 Å². The van der Waals surface area contributed by atoms with Gasteiger partial charge in [0.25, 0.3) is 5.56 Å². The largest absolute Gasteiger partial charge is 0.309 e. The standard InChI is InChI=1S/C37H24N2O/c40-37-32-15-5-4-12-29(32)33-24-26(20-23-36(33)39(37)27-10-2-1-3-11-27)25-18-21-28(22-19-25)38-34-16-8-6-13-30(34)31-14-7-9-17-35(31)38/h1-24H. The van der Waals surface area contributed by atoms with E-state index in [1.165, 1.54) is 21.8 Å². The SMILES string of the molecule is O=c1c2ccccc2c2cc(-c3ccc(-n4c5ccccc5c5ccccc54)cc3)ccc2n1-c1ccccc1. The molecule has 0 aliphatic carbocycles. The maximum Gasteiger partial charge on any atom is 0.263 e. The smallest absolute Gasteiger partial charge is 0.263 e. The third-order valence-corrected chi connectivity index (χ3v) is 7.94. The van der Waals surface area contributed by atoms with E-state index in [9.17, 15) is 4.79 Å². The number of nitrogens with zero attached hydrogens (tertiary/aromatic N) is 2. The highest BCUT2D eigenvalue weighted by Crippen LogP contribution is 2.34. The van der Waals surface area contributed by atoms with Gasteiger partial charge in [-0.1, -0.05) is 91.0 Å². The van der Waals surface area contributed by atoms with E-state index in [1.807, 2.05) is 59.2 Å². The van der Waals surface area contributed by atoms with E-state index in [-0.39, 0.29) is 5.56 Å². The number of pyridine rings is 1. The van der Waals surface area contributed by atoms with Gasteiger partial charge in [0.15, 0.2) is 0 Å². The molecule has 0 fully saturated rings. The molecule has 0 saturated heterocycles. The second-order valence-corrected chi connectivity index (χ2v) is 10.2. The molecule has 0 aliphatic rings. The summed E-state index contributed by atoms with van der Waals surface area (Å²) < 4.78 is 4.16. The molecule has 188 valence electrons. The van der Waals surface area contributed by atoms with Crippen molar-refractivity contribution in [1.82, 2.24) is 9.13 Å². The van der Waals surface area contributed by atoms with E-state index in [1.54, 1.807) is 0 Å². The lowest BCUT2D eigenvalue weighted by atomic mass is 9.99. The Bertz CT molecular complexity index is 2220. The highest BCUT2D eigenvalue weighted by atomic mass is 16.1. The molecular weight excluding hydrogens is 488 g/mol. The lowest BCUT2D eigenvalue weighted by molar-refractivity contribution is 1.06. The van der Waals surface area contributed by atoms with Crippen LogP contribution in [-0.2, 0) is 0 Å². The van der Waals surface area contributed by atoms with Crippen LogP contribution in [-0.4, -0.2) is 9.13 Å². The fourth-order valence-electron chi connectivity index (χ4n) is 6.10. The summed E-state index contributed by atoms with van der Waals surface area (Å²) in [4.78, 5) is 13.6. The van der Waals surface area contributed by atoms with E-state index >= 15 is 0 Å². The summed E-state index contributed by atoms with van der Waals surface area (Å²) in [6, 6.07) is 50.1.